The summed E-state index contributed by atoms with van der Waals surface area (Å²) in [6.07, 6.45) is 4.78. The van der Waals surface area contributed by atoms with Crippen molar-refractivity contribution in [2.24, 2.45) is 5.92 Å². The van der Waals surface area contributed by atoms with Gasteiger partial charge in [-0.05, 0) is 37.5 Å². The molecule has 28 heavy (non-hydrogen) atoms. The molecule has 0 unspecified atom stereocenters. The molecule has 0 saturated heterocycles. The minimum atomic E-state index is -3.63. The average Bonchev–Trinajstić information content (AvgIpc) is 2.69. The van der Waals surface area contributed by atoms with Gasteiger partial charge in [0.25, 0.3) is 5.91 Å². The molecular weight excluding hydrogens is 380 g/mol. The predicted octanol–water partition coefficient (Wildman–Crippen LogP) is 3.09. The summed E-state index contributed by atoms with van der Waals surface area (Å²) in [7, 11) is -3.63. The monoisotopic (exact) mass is 410 g/mol. The molecule has 8 heteroatoms. The van der Waals surface area contributed by atoms with Crippen molar-refractivity contribution in [3.8, 4) is 0 Å². The van der Waals surface area contributed by atoms with Crippen LogP contribution in [0.25, 0.3) is 0 Å². The number of amides is 1. The largest absolute Gasteiger partial charge is 0.455 e. The molecule has 1 aliphatic carbocycles. The highest BCUT2D eigenvalue weighted by atomic mass is 32.2. The summed E-state index contributed by atoms with van der Waals surface area (Å²) in [6, 6.07) is 4.74. The second-order valence-electron chi connectivity index (χ2n) is 7.06. The first kappa shape index (κ1) is 22.4. The van der Waals surface area contributed by atoms with Crippen LogP contribution in [0, 0.1) is 12.8 Å². The molecular formula is C20H30N2O5S. The quantitative estimate of drug-likeness (QED) is 0.665. The number of ether oxygens (including phenoxy) is 1. The maximum Gasteiger partial charge on any atom is 0.309 e. The van der Waals surface area contributed by atoms with Gasteiger partial charge in [-0.15, -0.1) is 0 Å². The minimum Gasteiger partial charge on any atom is -0.455 e. The molecule has 0 bridgehead atoms. The molecule has 1 amide bonds. The molecule has 0 heterocycles. The van der Waals surface area contributed by atoms with E-state index in [4.69, 9.17) is 4.74 Å². The fourth-order valence-electron chi connectivity index (χ4n) is 3.45. The Morgan fingerprint density at radius 3 is 2.39 bits per heavy atom. The Morgan fingerprint density at radius 1 is 1.14 bits per heavy atom. The summed E-state index contributed by atoms with van der Waals surface area (Å²) in [4.78, 5) is 24.3. The van der Waals surface area contributed by atoms with Crippen molar-refractivity contribution in [1.82, 2.24) is 4.31 Å². The van der Waals surface area contributed by atoms with E-state index in [0.29, 0.717) is 24.3 Å². The number of nitrogens with one attached hydrogen (secondary N) is 1. The molecule has 1 aromatic carbocycles. The lowest BCUT2D eigenvalue weighted by Crippen LogP contribution is -2.31. The number of esters is 1. The Balaban J connectivity index is 2.02. The third-order valence-corrected chi connectivity index (χ3v) is 7.27. The minimum absolute atomic E-state index is 0.119. The van der Waals surface area contributed by atoms with Gasteiger partial charge in [0.15, 0.2) is 6.61 Å². The van der Waals surface area contributed by atoms with Crippen LogP contribution >= 0.6 is 0 Å². The van der Waals surface area contributed by atoms with Gasteiger partial charge in [0, 0.05) is 18.8 Å². The van der Waals surface area contributed by atoms with Crippen molar-refractivity contribution in [2.75, 3.05) is 25.0 Å². The van der Waals surface area contributed by atoms with Gasteiger partial charge < -0.3 is 10.1 Å². The summed E-state index contributed by atoms with van der Waals surface area (Å²) in [5, 5.41) is 2.62. The van der Waals surface area contributed by atoms with Crippen LogP contribution in [0.3, 0.4) is 0 Å². The lowest BCUT2D eigenvalue weighted by Gasteiger charge is -2.20. The number of anilines is 1. The van der Waals surface area contributed by atoms with Crippen molar-refractivity contribution in [1.29, 1.82) is 0 Å². The summed E-state index contributed by atoms with van der Waals surface area (Å²) in [5.74, 6) is -0.936. The average molecular weight is 411 g/mol. The third kappa shape index (κ3) is 5.54. The van der Waals surface area contributed by atoms with E-state index in [0.717, 1.165) is 32.1 Å². The van der Waals surface area contributed by atoms with Gasteiger partial charge in [-0.3, -0.25) is 9.59 Å². The summed E-state index contributed by atoms with van der Waals surface area (Å²) >= 11 is 0. The van der Waals surface area contributed by atoms with Crippen LogP contribution in [0.5, 0.6) is 0 Å². The molecule has 7 nitrogen and oxygen atoms in total. The van der Waals surface area contributed by atoms with E-state index in [2.05, 4.69) is 5.32 Å². The van der Waals surface area contributed by atoms with Crippen molar-refractivity contribution in [3.05, 3.63) is 23.8 Å². The van der Waals surface area contributed by atoms with Gasteiger partial charge in [-0.2, -0.15) is 4.31 Å². The van der Waals surface area contributed by atoms with Gasteiger partial charge in [-0.25, -0.2) is 8.42 Å². The molecule has 1 aliphatic rings. The van der Waals surface area contributed by atoms with Crippen LogP contribution in [0.15, 0.2) is 23.1 Å². The fourth-order valence-corrected chi connectivity index (χ4v) is 5.16. The van der Waals surface area contributed by atoms with Crippen LogP contribution in [-0.4, -0.2) is 44.3 Å². The standard InChI is InChI=1S/C20H30N2O5S/c1-4-22(5-2)28(25,26)18-13-17(12-11-15(18)3)21-19(23)14-27-20(24)16-9-7-6-8-10-16/h11-13,16H,4-10,14H2,1-3H3,(H,21,23). The number of aryl methyl sites for hydroxylation is 1. The van der Waals surface area contributed by atoms with Gasteiger partial charge in [-0.1, -0.05) is 39.2 Å². The zero-order valence-electron chi connectivity index (χ0n) is 16.9. The number of hydrogen-bond donors (Lipinski definition) is 1. The van der Waals surface area contributed by atoms with Gasteiger partial charge in [0.2, 0.25) is 10.0 Å². The first-order chi connectivity index (χ1) is 13.3. The van der Waals surface area contributed by atoms with Gasteiger partial charge in [0.05, 0.1) is 10.8 Å². The van der Waals surface area contributed by atoms with Crippen LogP contribution in [0.1, 0.15) is 51.5 Å². The highest BCUT2D eigenvalue weighted by molar-refractivity contribution is 7.89. The number of rotatable bonds is 8. The first-order valence-electron chi connectivity index (χ1n) is 9.86. The number of hydrogen-bond acceptors (Lipinski definition) is 5. The summed E-state index contributed by atoms with van der Waals surface area (Å²) in [5.41, 5.74) is 0.962. The van der Waals surface area contributed by atoms with Crippen LogP contribution in [-0.2, 0) is 24.3 Å². The number of nitrogens with zero attached hydrogens (tertiary/aromatic N) is 1. The van der Waals surface area contributed by atoms with Gasteiger partial charge in [0.1, 0.15) is 0 Å². The Morgan fingerprint density at radius 2 is 1.79 bits per heavy atom. The molecule has 0 atom stereocenters. The fraction of sp³-hybridized carbons (Fsp3) is 0.600. The molecule has 1 aromatic rings. The third-order valence-electron chi connectivity index (χ3n) is 5.08. The van der Waals surface area contributed by atoms with Crippen molar-refractivity contribution in [3.63, 3.8) is 0 Å². The number of benzene rings is 1. The second kappa shape index (κ2) is 10.0. The molecule has 1 N–H and O–H groups in total. The van der Waals surface area contributed by atoms with Crippen molar-refractivity contribution >= 4 is 27.6 Å². The number of sulfonamides is 1. The lowest BCUT2D eigenvalue weighted by molar-refractivity contribution is -0.152. The molecule has 2 rings (SSSR count). The van der Waals surface area contributed by atoms with E-state index in [1.165, 1.54) is 10.4 Å². The Hall–Kier alpha value is -1.93. The zero-order chi connectivity index (χ0) is 20.7. The van der Waals surface area contributed by atoms with Crippen LogP contribution in [0.2, 0.25) is 0 Å². The van der Waals surface area contributed by atoms with Crippen LogP contribution < -0.4 is 5.32 Å². The SMILES string of the molecule is CCN(CC)S(=O)(=O)c1cc(NC(=O)COC(=O)C2CCCCC2)ccc1C. The van der Waals surface area contributed by atoms with E-state index in [-0.39, 0.29) is 23.4 Å². The van der Waals surface area contributed by atoms with E-state index >= 15 is 0 Å². The summed E-state index contributed by atoms with van der Waals surface area (Å²) < 4.78 is 32.1. The van der Waals surface area contributed by atoms with Gasteiger partial charge >= 0.3 is 5.97 Å². The number of carbonyl (C=O) groups is 2. The molecule has 156 valence electrons. The Kier molecular flexibility index (Phi) is 8.00. The van der Waals surface area contributed by atoms with E-state index in [1.807, 2.05) is 0 Å². The molecule has 0 spiro atoms. The smallest absolute Gasteiger partial charge is 0.309 e. The Bertz CT molecular complexity index is 797. The molecule has 1 saturated carbocycles. The number of carbonyl (C=O) groups excluding carboxylic acids is 2. The van der Waals surface area contributed by atoms with Crippen molar-refractivity contribution < 1.29 is 22.7 Å². The second-order valence-corrected chi connectivity index (χ2v) is 8.97. The highest BCUT2D eigenvalue weighted by Crippen LogP contribution is 2.25. The molecule has 0 radical (unpaired) electrons. The van der Waals surface area contributed by atoms with Crippen LogP contribution in [0.4, 0.5) is 5.69 Å². The van der Waals surface area contributed by atoms with E-state index in [1.54, 1.807) is 32.9 Å². The molecule has 1 fully saturated rings. The normalized spacial score (nSPS) is 15.4. The summed E-state index contributed by atoms with van der Waals surface area (Å²) in [6.45, 7) is 5.64. The maximum absolute atomic E-state index is 12.8. The van der Waals surface area contributed by atoms with Crippen molar-refractivity contribution in [2.45, 2.75) is 57.8 Å². The lowest BCUT2D eigenvalue weighted by atomic mass is 9.89. The van der Waals surface area contributed by atoms with E-state index in [9.17, 15) is 18.0 Å². The van der Waals surface area contributed by atoms with E-state index < -0.39 is 15.9 Å². The topological polar surface area (TPSA) is 92.8 Å². The Labute approximate surface area is 167 Å². The molecule has 0 aromatic heterocycles. The maximum atomic E-state index is 12.8. The molecule has 0 aliphatic heterocycles. The highest BCUT2D eigenvalue weighted by Gasteiger charge is 2.25. The predicted molar refractivity (Wildman–Crippen MR) is 107 cm³/mol. The zero-order valence-corrected chi connectivity index (χ0v) is 17.7. The first-order valence-corrected chi connectivity index (χ1v) is 11.3.